The molecule has 0 aliphatic carbocycles. The van der Waals surface area contributed by atoms with Gasteiger partial charge >= 0.3 is 5.76 Å². The monoisotopic (exact) mass is 461 g/mol. The summed E-state index contributed by atoms with van der Waals surface area (Å²) in [4.78, 5) is 32.3. The molecule has 2 N–H and O–H groups in total. The highest BCUT2D eigenvalue weighted by molar-refractivity contribution is 5.94. The van der Waals surface area contributed by atoms with Crippen LogP contribution in [0.1, 0.15) is 17.4 Å². The van der Waals surface area contributed by atoms with Crippen LogP contribution in [0.15, 0.2) is 81.8 Å². The quantitative estimate of drug-likeness (QED) is 0.522. The number of nitrogens with one attached hydrogen (secondary N) is 2. The minimum absolute atomic E-state index is 0.171. The minimum Gasteiger partial charge on any atom is -0.497 e. The highest BCUT2D eigenvalue weighted by atomic mass is 16.5. The van der Waals surface area contributed by atoms with Crippen molar-refractivity contribution in [2.24, 2.45) is 0 Å². The highest BCUT2D eigenvalue weighted by Crippen LogP contribution is 2.22. The Morgan fingerprint density at radius 2 is 2.06 bits per heavy atom. The topological polar surface area (TPSA) is 102 Å². The fraction of sp³-hybridized carbons (Fsp3) is 0.240. The molecule has 0 bridgehead atoms. The number of fused-ring (bicyclic) bond motifs is 1. The Hall–Kier alpha value is -4.11. The fourth-order valence-electron chi connectivity index (χ4n) is 3.87. The summed E-state index contributed by atoms with van der Waals surface area (Å²) in [5.41, 5.74) is 2.61. The predicted octanol–water partition coefficient (Wildman–Crippen LogP) is 2.60. The number of benzene rings is 1. The molecule has 1 aromatic carbocycles. The summed E-state index contributed by atoms with van der Waals surface area (Å²) in [7, 11) is 1.54. The van der Waals surface area contributed by atoms with Gasteiger partial charge < -0.3 is 24.7 Å². The second-order valence-electron chi connectivity index (χ2n) is 7.60. The van der Waals surface area contributed by atoms with Gasteiger partial charge in [-0.05, 0) is 37.3 Å². The second-order valence-corrected chi connectivity index (χ2v) is 7.60. The van der Waals surface area contributed by atoms with Gasteiger partial charge in [-0.25, -0.2) is 14.3 Å². The molecule has 9 heteroatoms. The van der Waals surface area contributed by atoms with E-state index in [2.05, 4.69) is 27.1 Å². The Labute approximate surface area is 197 Å². The van der Waals surface area contributed by atoms with Crippen LogP contribution in [0.5, 0.6) is 5.75 Å². The summed E-state index contributed by atoms with van der Waals surface area (Å²) in [6.45, 7) is 9.05. The van der Waals surface area contributed by atoms with Crippen molar-refractivity contribution in [1.82, 2.24) is 25.1 Å². The van der Waals surface area contributed by atoms with Crippen LogP contribution < -0.4 is 21.1 Å². The number of carbonyl (C=O) groups excluding carboxylic acids is 1. The lowest BCUT2D eigenvalue weighted by molar-refractivity contribution is 0.0959. The number of oxazole rings is 1. The number of nitrogens with zero attached hydrogens (tertiary/aromatic N) is 3. The third-order valence-corrected chi connectivity index (χ3v) is 5.53. The van der Waals surface area contributed by atoms with Gasteiger partial charge in [0.1, 0.15) is 17.3 Å². The lowest BCUT2D eigenvalue weighted by Gasteiger charge is -2.32. The smallest absolute Gasteiger partial charge is 0.425 e. The van der Waals surface area contributed by atoms with Crippen molar-refractivity contribution in [2.45, 2.75) is 6.92 Å². The van der Waals surface area contributed by atoms with E-state index in [1.165, 1.54) is 11.7 Å². The van der Waals surface area contributed by atoms with E-state index in [1.807, 2.05) is 19.1 Å². The largest absolute Gasteiger partial charge is 0.497 e. The number of hydrogen-bond donors (Lipinski definition) is 2. The van der Waals surface area contributed by atoms with Crippen LogP contribution in [0, 0.1) is 0 Å². The summed E-state index contributed by atoms with van der Waals surface area (Å²) in [6, 6.07) is 10.0. The summed E-state index contributed by atoms with van der Waals surface area (Å²) in [5.74, 6) is -0.131. The van der Waals surface area contributed by atoms with Crippen LogP contribution in [0.4, 0.5) is 0 Å². The number of hydrogen-bond acceptors (Lipinski definition) is 7. The van der Waals surface area contributed by atoms with Crippen molar-refractivity contribution < 1.29 is 13.9 Å². The van der Waals surface area contributed by atoms with E-state index in [4.69, 9.17) is 9.15 Å². The van der Waals surface area contributed by atoms with E-state index in [0.29, 0.717) is 22.5 Å². The molecule has 1 amide bonds. The molecule has 9 nitrogen and oxygen atoms in total. The first-order valence-electron chi connectivity index (χ1n) is 11.0. The molecule has 0 unspecified atom stereocenters. The van der Waals surface area contributed by atoms with E-state index >= 15 is 0 Å². The minimum atomic E-state index is -0.600. The maximum absolute atomic E-state index is 13.1. The summed E-state index contributed by atoms with van der Waals surface area (Å²) in [5, 5.41) is 6.28. The van der Waals surface area contributed by atoms with Gasteiger partial charge in [-0.1, -0.05) is 24.8 Å². The van der Waals surface area contributed by atoms with Crippen molar-refractivity contribution in [3.05, 3.63) is 88.8 Å². The van der Waals surface area contributed by atoms with Gasteiger partial charge in [-0.3, -0.25) is 4.79 Å². The third-order valence-electron chi connectivity index (χ3n) is 5.53. The zero-order valence-electron chi connectivity index (χ0n) is 19.2. The third kappa shape index (κ3) is 4.65. The zero-order chi connectivity index (χ0) is 24.1. The lowest BCUT2D eigenvalue weighted by atomic mass is 10.2. The molecule has 1 saturated heterocycles. The number of carbonyl (C=O) groups is 1. The Balaban J connectivity index is 1.63. The molecule has 1 aliphatic rings. The van der Waals surface area contributed by atoms with Gasteiger partial charge in [0.05, 0.1) is 24.0 Å². The van der Waals surface area contributed by atoms with E-state index in [1.54, 1.807) is 42.5 Å². The number of piperazine rings is 1. The highest BCUT2D eigenvalue weighted by Gasteiger charge is 2.20. The summed E-state index contributed by atoms with van der Waals surface area (Å²) in [6.07, 6.45) is 5.44. The zero-order valence-corrected chi connectivity index (χ0v) is 19.2. The maximum Gasteiger partial charge on any atom is 0.425 e. The van der Waals surface area contributed by atoms with Crippen molar-refractivity contribution in [2.75, 3.05) is 33.3 Å². The van der Waals surface area contributed by atoms with Crippen LogP contribution in [0.25, 0.3) is 16.9 Å². The normalized spacial score (nSPS) is 14.8. The van der Waals surface area contributed by atoms with E-state index in [0.717, 1.165) is 31.9 Å². The molecule has 176 valence electrons. The van der Waals surface area contributed by atoms with Gasteiger partial charge in [-0.2, -0.15) is 0 Å². The SMILES string of the molecule is C=C/C=C(\C(=C/C)NC(=O)c1cccc(-n2c(=O)oc3cc(OC)ccc32)n1)N1CCNCC1. The van der Waals surface area contributed by atoms with E-state index in [9.17, 15) is 9.59 Å². The Bertz CT molecular complexity index is 1330. The molecule has 0 atom stereocenters. The molecule has 0 spiro atoms. The first-order chi connectivity index (χ1) is 16.5. The Morgan fingerprint density at radius 1 is 1.26 bits per heavy atom. The maximum atomic E-state index is 13.1. The summed E-state index contributed by atoms with van der Waals surface area (Å²) < 4.78 is 11.9. The second kappa shape index (κ2) is 10.2. The van der Waals surface area contributed by atoms with Crippen molar-refractivity contribution in [1.29, 1.82) is 0 Å². The number of methoxy groups -OCH3 is 1. The average molecular weight is 462 g/mol. The van der Waals surface area contributed by atoms with Crippen LogP contribution in [-0.2, 0) is 0 Å². The van der Waals surface area contributed by atoms with Gasteiger partial charge in [0.2, 0.25) is 0 Å². The van der Waals surface area contributed by atoms with Crippen molar-refractivity contribution in [3.8, 4) is 11.6 Å². The van der Waals surface area contributed by atoms with Crippen LogP contribution in [-0.4, -0.2) is 53.6 Å². The number of ether oxygens (including phenoxy) is 1. The number of rotatable bonds is 7. The number of pyridine rings is 1. The Morgan fingerprint density at radius 3 is 2.76 bits per heavy atom. The molecule has 1 aliphatic heterocycles. The fourth-order valence-corrected chi connectivity index (χ4v) is 3.87. The molecule has 0 saturated carbocycles. The molecule has 2 aromatic heterocycles. The molecular formula is C25H27N5O4. The molecule has 3 aromatic rings. The lowest BCUT2D eigenvalue weighted by Crippen LogP contribution is -2.44. The first-order valence-corrected chi connectivity index (χ1v) is 11.0. The molecule has 4 rings (SSSR count). The number of allylic oxidation sites excluding steroid dienone is 3. The van der Waals surface area contributed by atoms with Gasteiger partial charge in [-0.15, -0.1) is 0 Å². The standard InChI is InChI=1S/C25H27N5O4/c1-4-7-20(29-14-12-26-13-15-29)18(5-2)28-24(31)19-8-6-9-23(27-19)30-21-11-10-17(33-3)16-22(21)34-25(30)32/h4-11,16,26H,1,12-15H2,2-3H3,(H,28,31)/b18-5+,20-7+. The number of amides is 1. The van der Waals surface area contributed by atoms with Crippen LogP contribution in [0.3, 0.4) is 0 Å². The van der Waals surface area contributed by atoms with Crippen molar-refractivity contribution >= 4 is 17.0 Å². The molecule has 34 heavy (non-hydrogen) atoms. The van der Waals surface area contributed by atoms with Crippen LogP contribution in [0.2, 0.25) is 0 Å². The molecular weight excluding hydrogens is 434 g/mol. The average Bonchev–Trinajstić information content (AvgIpc) is 3.21. The van der Waals surface area contributed by atoms with E-state index in [-0.39, 0.29) is 17.4 Å². The van der Waals surface area contributed by atoms with Gasteiger partial charge in [0, 0.05) is 32.2 Å². The summed E-state index contributed by atoms with van der Waals surface area (Å²) >= 11 is 0. The van der Waals surface area contributed by atoms with Crippen LogP contribution >= 0.6 is 0 Å². The number of aromatic nitrogens is 2. The Kier molecular flexibility index (Phi) is 6.93. The van der Waals surface area contributed by atoms with Gasteiger partial charge in [0.25, 0.3) is 5.91 Å². The predicted molar refractivity (Wildman–Crippen MR) is 130 cm³/mol. The first kappa shape index (κ1) is 23.1. The molecule has 3 heterocycles. The molecule has 0 radical (unpaired) electrons. The van der Waals surface area contributed by atoms with Gasteiger partial charge in [0.15, 0.2) is 5.58 Å². The van der Waals surface area contributed by atoms with E-state index < -0.39 is 5.76 Å². The molecule has 1 fully saturated rings. The van der Waals surface area contributed by atoms with Crippen molar-refractivity contribution in [3.63, 3.8) is 0 Å².